The largest absolute Gasteiger partial charge is 0.360 e. The third kappa shape index (κ3) is 4.55. The lowest BCUT2D eigenvalue weighted by atomic mass is 10.1. The van der Waals surface area contributed by atoms with Crippen LogP contribution in [0.15, 0.2) is 88.5 Å². The smallest absolute Gasteiger partial charge is 0.261 e. The lowest BCUT2D eigenvalue weighted by molar-refractivity contribution is 0.102. The van der Waals surface area contributed by atoms with E-state index >= 15 is 0 Å². The number of amides is 1. The number of nitrogens with one attached hydrogen (secondary N) is 1. The lowest BCUT2D eigenvalue weighted by Gasteiger charge is -2.07. The van der Waals surface area contributed by atoms with E-state index in [9.17, 15) is 4.79 Å². The molecule has 0 spiro atoms. The van der Waals surface area contributed by atoms with Gasteiger partial charge in [0.2, 0.25) is 0 Å². The Morgan fingerprint density at radius 1 is 1.03 bits per heavy atom. The van der Waals surface area contributed by atoms with Gasteiger partial charge < -0.3 is 9.84 Å². The van der Waals surface area contributed by atoms with Crippen molar-refractivity contribution in [3.63, 3.8) is 0 Å². The summed E-state index contributed by atoms with van der Waals surface area (Å²) < 4.78 is 5.28. The van der Waals surface area contributed by atoms with E-state index in [4.69, 9.17) is 4.52 Å². The lowest BCUT2D eigenvalue weighted by Crippen LogP contribution is -2.13. The molecule has 2 aromatic carbocycles. The van der Waals surface area contributed by atoms with E-state index in [1.165, 1.54) is 5.56 Å². The summed E-state index contributed by atoms with van der Waals surface area (Å²) in [4.78, 5) is 18.1. The Morgan fingerprint density at radius 2 is 1.83 bits per heavy atom. The van der Waals surface area contributed by atoms with E-state index in [2.05, 4.69) is 21.5 Å². The Bertz CT molecular complexity index is 1090. The highest BCUT2D eigenvalue weighted by Crippen LogP contribution is 2.27. The first-order valence-electron chi connectivity index (χ1n) is 9.15. The second kappa shape index (κ2) is 8.75. The first-order chi connectivity index (χ1) is 14.2. The number of hydrogen-bond donors (Lipinski definition) is 1. The number of aromatic nitrogens is 2. The molecule has 2 heterocycles. The Balaban J connectivity index is 1.45. The van der Waals surface area contributed by atoms with Gasteiger partial charge in [0.1, 0.15) is 17.0 Å². The molecular formula is C23H19N3O2S. The number of pyridine rings is 1. The summed E-state index contributed by atoms with van der Waals surface area (Å²) in [5.41, 5.74) is 3.73. The molecule has 0 aliphatic rings. The van der Waals surface area contributed by atoms with Gasteiger partial charge in [-0.25, -0.2) is 0 Å². The number of carbonyl (C=O) groups excluding carboxylic acids is 1. The number of nitrogens with zero attached hydrogens (tertiary/aromatic N) is 2. The third-order valence-corrected chi connectivity index (χ3v) is 5.46. The van der Waals surface area contributed by atoms with Gasteiger partial charge in [0, 0.05) is 34.3 Å². The maximum absolute atomic E-state index is 12.9. The Labute approximate surface area is 173 Å². The van der Waals surface area contributed by atoms with Crippen LogP contribution in [0, 0.1) is 6.92 Å². The summed E-state index contributed by atoms with van der Waals surface area (Å²) in [6.45, 7) is 1.74. The summed E-state index contributed by atoms with van der Waals surface area (Å²) >= 11 is 1.72. The number of anilines is 1. The number of carbonyl (C=O) groups is 1. The van der Waals surface area contributed by atoms with Crippen LogP contribution in [0.4, 0.5) is 5.69 Å². The number of hydrogen-bond acceptors (Lipinski definition) is 5. The van der Waals surface area contributed by atoms with Crippen LogP contribution in [0.25, 0.3) is 11.3 Å². The molecule has 29 heavy (non-hydrogen) atoms. The van der Waals surface area contributed by atoms with Gasteiger partial charge in [-0.3, -0.25) is 9.78 Å². The molecule has 0 radical (unpaired) electrons. The highest BCUT2D eigenvalue weighted by molar-refractivity contribution is 7.98. The highest BCUT2D eigenvalue weighted by Gasteiger charge is 2.21. The number of thioether (sulfide) groups is 1. The van der Waals surface area contributed by atoms with Gasteiger partial charge in [-0.1, -0.05) is 41.6 Å². The van der Waals surface area contributed by atoms with Crippen LogP contribution in [0.5, 0.6) is 0 Å². The molecule has 1 N–H and O–H groups in total. The van der Waals surface area contributed by atoms with Crippen molar-refractivity contribution in [3.8, 4) is 11.3 Å². The highest BCUT2D eigenvalue weighted by atomic mass is 32.2. The Hall–Kier alpha value is -3.38. The van der Waals surface area contributed by atoms with Crippen molar-refractivity contribution in [1.29, 1.82) is 0 Å². The van der Waals surface area contributed by atoms with E-state index in [0.29, 0.717) is 17.0 Å². The van der Waals surface area contributed by atoms with E-state index in [1.54, 1.807) is 24.9 Å². The third-order valence-electron chi connectivity index (χ3n) is 4.38. The van der Waals surface area contributed by atoms with Crippen molar-refractivity contribution in [2.24, 2.45) is 0 Å². The van der Waals surface area contributed by atoms with Crippen molar-refractivity contribution in [2.75, 3.05) is 5.32 Å². The topological polar surface area (TPSA) is 68.0 Å². The fourth-order valence-electron chi connectivity index (χ4n) is 2.91. The summed E-state index contributed by atoms with van der Waals surface area (Å²) in [6.07, 6.45) is 3.64. The minimum Gasteiger partial charge on any atom is -0.360 e. The quantitative estimate of drug-likeness (QED) is 0.427. The molecule has 1 amide bonds. The summed E-state index contributed by atoms with van der Waals surface area (Å²) in [5, 5.41) is 7.01. The zero-order chi connectivity index (χ0) is 20.1. The molecule has 6 heteroatoms. The number of aryl methyl sites for hydroxylation is 1. The predicted octanol–water partition coefficient (Wildman–Crippen LogP) is 5.59. The van der Waals surface area contributed by atoms with Crippen LogP contribution in [0.3, 0.4) is 0 Å². The average Bonchev–Trinajstić information content (AvgIpc) is 3.16. The van der Waals surface area contributed by atoms with Crippen molar-refractivity contribution >= 4 is 23.4 Å². The number of rotatable bonds is 6. The monoisotopic (exact) mass is 401 g/mol. The predicted molar refractivity (Wildman–Crippen MR) is 115 cm³/mol. The maximum atomic E-state index is 12.9. The molecule has 0 aliphatic heterocycles. The SMILES string of the molecule is Cc1onc(-c2ccccc2)c1C(=O)Nc1ccc(SCc2cccnc2)cc1. The fraction of sp³-hybridized carbons (Fsp3) is 0.0870. The van der Waals surface area contributed by atoms with Gasteiger partial charge in [0.05, 0.1) is 0 Å². The van der Waals surface area contributed by atoms with Gasteiger partial charge in [0.25, 0.3) is 5.91 Å². The standard InChI is InChI=1S/C23H19N3O2S/c1-16-21(22(26-28-16)18-7-3-2-4-8-18)23(27)25-19-9-11-20(12-10-19)29-15-17-6-5-13-24-14-17/h2-14H,15H2,1H3,(H,25,27). The van der Waals surface area contributed by atoms with Gasteiger partial charge in [-0.2, -0.15) is 0 Å². The van der Waals surface area contributed by atoms with Gasteiger partial charge in [0.15, 0.2) is 0 Å². The van der Waals surface area contributed by atoms with Crippen LogP contribution < -0.4 is 5.32 Å². The summed E-state index contributed by atoms with van der Waals surface area (Å²) in [7, 11) is 0. The second-order valence-electron chi connectivity index (χ2n) is 6.46. The van der Waals surface area contributed by atoms with Gasteiger partial charge >= 0.3 is 0 Å². The summed E-state index contributed by atoms with van der Waals surface area (Å²) in [6, 6.07) is 21.3. The van der Waals surface area contributed by atoms with Crippen molar-refractivity contribution in [2.45, 2.75) is 17.6 Å². The van der Waals surface area contributed by atoms with E-state index in [0.717, 1.165) is 21.9 Å². The molecule has 0 bridgehead atoms. The van der Waals surface area contributed by atoms with Crippen molar-refractivity contribution in [1.82, 2.24) is 10.1 Å². The van der Waals surface area contributed by atoms with Crippen molar-refractivity contribution < 1.29 is 9.32 Å². The van der Waals surface area contributed by atoms with E-state index < -0.39 is 0 Å². The molecule has 2 aromatic heterocycles. The Morgan fingerprint density at radius 3 is 2.55 bits per heavy atom. The molecule has 0 aliphatic carbocycles. The van der Waals surface area contributed by atoms with Crippen LogP contribution in [0.1, 0.15) is 21.7 Å². The normalized spacial score (nSPS) is 10.7. The minimum absolute atomic E-state index is 0.238. The maximum Gasteiger partial charge on any atom is 0.261 e. The minimum atomic E-state index is -0.238. The molecule has 0 saturated heterocycles. The molecule has 144 valence electrons. The first kappa shape index (κ1) is 19.0. The van der Waals surface area contributed by atoms with Crippen LogP contribution in [-0.2, 0) is 5.75 Å². The molecule has 0 unspecified atom stereocenters. The van der Waals surface area contributed by atoms with E-state index in [-0.39, 0.29) is 5.91 Å². The zero-order valence-electron chi connectivity index (χ0n) is 15.8. The molecule has 0 saturated carbocycles. The van der Waals surface area contributed by atoms with E-state index in [1.807, 2.05) is 66.9 Å². The average molecular weight is 401 g/mol. The van der Waals surface area contributed by atoms with Crippen LogP contribution >= 0.6 is 11.8 Å². The molecule has 5 nitrogen and oxygen atoms in total. The fourth-order valence-corrected chi connectivity index (χ4v) is 3.74. The zero-order valence-corrected chi connectivity index (χ0v) is 16.6. The molecule has 0 fully saturated rings. The summed E-state index contributed by atoms with van der Waals surface area (Å²) in [5.74, 6) is 1.10. The van der Waals surface area contributed by atoms with Crippen LogP contribution in [0.2, 0.25) is 0 Å². The Kier molecular flexibility index (Phi) is 5.72. The molecule has 4 rings (SSSR count). The molecular weight excluding hydrogens is 382 g/mol. The van der Waals surface area contributed by atoms with Gasteiger partial charge in [-0.05, 0) is 42.8 Å². The van der Waals surface area contributed by atoms with Crippen molar-refractivity contribution in [3.05, 3.63) is 96.0 Å². The van der Waals surface area contributed by atoms with Crippen LogP contribution in [-0.4, -0.2) is 16.0 Å². The van der Waals surface area contributed by atoms with Gasteiger partial charge in [-0.15, -0.1) is 11.8 Å². The molecule has 0 atom stereocenters. The first-order valence-corrected chi connectivity index (χ1v) is 10.1. The molecule has 4 aromatic rings. The number of benzene rings is 2. The second-order valence-corrected chi connectivity index (χ2v) is 7.51.